The van der Waals surface area contributed by atoms with E-state index in [0.717, 1.165) is 28.8 Å². The van der Waals surface area contributed by atoms with Gasteiger partial charge in [-0.25, -0.2) is 4.98 Å². The number of aryl methyl sites for hydroxylation is 3. The fourth-order valence-corrected chi connectivity index (χ4v) is 3.37. The number of amides is 1. The first-order chi connectivity index (χ1) is 13.0. The van der Waals surface area contributed by atoms with Gasteiger partial charge in [0.05, 0.1) is 5.25 Å². The molecule has 0 saturated heterocycles. The van der Waals surface area contributed by atoms with Gasteiger partial charge in [-0.2, -0.15) is 0 Å². The summed E-state index contributed by atoms with van der Waals surface area (Å²) in [5.74, 6) is 0.648. The number of rotatable bonds is 6. The number of carbonyl (C=O) groups is 1. The number of carbonyl (C=O) groups excluding carboxylic acids is 1. The quantitative estimate of drug-likeness (QED) is 0.604. The molecule has 140 valence electrons. The van der Waals surface area contributed by atoms with E-state index in [-0.39, 0.29) is 11.2 Å². The lowest BCUT2D eigenvalue weighted by Gasteiger charge is -2.12. The molecule has 3 aromatic rings. The van der Waals surface area contributed by atoms with Crippen LogP contribution in [0.5, 0.6) is 0 Å². The van der Waals surface area contributed by atoms with E-state index in [1.807, 2.05) is 51.1 Å². The lowest BCUT2D eigenvalue weighted by Crippen LogP contribution is -2.23. The maximum atomic E-state index is 12.5. The molecule has 0 unspecified atom stereocenters. The van der Waals surface area contributed by atoms with Crippen molar-refractivity contribution in [3.63, 3.8) is 0 Å². The van der Waals surface area contributed by atoms with Crippen LogP contribution in [0.4, 0.5) is 5.69 Å². The molecule has 1 amide bonds. The molecular weight excluding hydrogens is 356 g/mol. The van der Waals surface area contributed by atoms with Crippen LogP contribution in [0.3, 0.4) is 0 Å². The Balaban J connectivity index is 1.65. The maximum Gasteiger partial charge on any atom is 0.237 e. The third kappa shape index (κ3) is 4.77. The van der Waals surface area contributed by atoms with Crippen molar-refractivity contribution in [1.29, 1.82) is 0 Å². The minimum absolute atomic E-state index is 0.0626. The average molecular weight is 381 g/mol. The summed E-state index contributed by atoms with van der Waals surface area (Å²) < 4.78 is 0. The van der Waals surface area contributed by atoms with Crippen LogP contribution in [0.2, 0.25) is 0 Å². The zero-order valence-electron chi connectivity index (χ0n) is 16.0. The van der Waals surface area contributed by atoms with Gasteiger partial charge in [0.1, 0.15) is 0 Å². The number of anilines is 1. The van der Waals surface area contributed by atoms with Crippen LogP contribution in [-0.2, 0) is 11.2 Å². The number of hydrogen-bond acceptors (Lipinski definition) is 4. The molecule has 0 aliphatic heterocycles. The Morgan fingerprint density at radius 2 is 1.93 bits per heavy atom. The van der Waals surface area contributed by atoms with Gasteiger partial charge in [-0.3, -0.25) is 9.89 Å². The van der Waals surface area contributed by atoms with Crippen molar-refractivity contribution in [1.82, 2.24) is 15.2 Å². The molecular formula is C21H24N4OS. The summed E-state index contributed by atoms with van der Waals surface area (Å²) in [6, 6.07) is 14.3. The highest BCUT2D eigenvalue weighted by Gasteiger charge is 2.18. The van der Waals surface area contributed by atoms with E-state index in [0.29, 0.717) is 11.0 Å². The molecule has 1 atom stereocenters. The third-order valence-electron chi connectivity index (χ3n) is 4.40. The highest BCUT2D eigenvalue weighted by atomic mass is 32.2. The second kappa shape index (κ2) is 8.39. The number of nitrogens with zero attached hydrogens (tertiary/aromatic N) is 2. The number of nitrogens with one attached hydrogen (secondary N) is 2. The van der Waals surface area contributed by atoms with Crippen molar-refractivity contribution in [3.05, 3.63) is 59.2 Å². The number of aromatic nitrogens is 3. The first-order valence-corrected chi connectivity index (χ1v) is 9.90. The molecule has 0 radical (unpaired) electrons. The summed E-state index contributed by atoms with van der Waals surface area (Å²) in [5.41, 5.74) is 5.27. The van der Waals surface area contributed by atoms with Crippen molar-refractivity contribution < 1.29 is 4.79 Å². The number of H-pyrrole nitrogens is 1. The first-order valence-electron chi connectivity index (χ1n) is 9.02. The highest BCUT2D eigenvalue weighted by Crippen LogP contribution is 2.25. The summed E-state index contributed by atoms with van der Waals surface area (Å²) in [7, 11) is 0. The van der Waals surface area contributed by atoms with Crippen LogP contribution in [0, 0.1) is 13.8 Å². The van der Waals surface area contributed by atoms with Gasteiger partial charge in [0, 0.05) is 11.3 Å². The summed E-state index contributed by atoms with van der Waals surface area (Å²) in [6.45, 7) is 7.98. The Hall–Kier alpha value is -2.60. The Kier molecular flexibility index (Phi) is 5.96. The zero-order chi connectivity index (χ0) is 19.4. The zero-order valence-corrected chi connectivity index (χ0v) is 16.9. The van der Waals surface area contributed by atoms with Crippen molar-refractivity contribution in [2.75, 3.05) is 5.32 Å². The normalized spacial score (nSPS) is 12.0. The molecule has 3 rings (SSSR count). The van der Waals surface area contributed by atoms with E-state index in [4.69, 9.17) is 0 Å². The topological polar surface area (TPSA) is 70.7 Å². The van der Waals surface area contributed by atoms with Crippen molar-refractivity contribution in [2.45, 2.75) is 44.5 Å². The second-order valence-corrected chi connectivity index (χ2v) is 7.89. The molecule has 0 bridgehead atoms. The number of benzene rings is 2. The van der Waals surface area contributed by atoms with Crippen molar-refractivity contribution in [2.24, 2.45) is 0 Å². The minimum Gasteiger partial charge on any atom is -0.325 e. The van der Waals surface area contributed by atoms with Crippen molar-refractivity contribution in [3.8, 4) is 11.4 Å². The molecule has 2 N–H and O–H groups in total. The smallest absolute Gasteiger partial charge is 0.237 e. The van der Waals surface area contributed by atoms with Gasteiger partial charge in [-0.1, -0.05) is 55.1 Å². The van der Waals surface area contributed by atoms with Crippen LogP contribution < -0.4 is 5.32 Å². The first kappa shape index (κ1) is 19.2. The predicted octanol–water partition coefficient (Wildman–Crippen LogP) is 4.77. The van der Waals surface area contributed by atoms with Crippen LogP contribution in [0.1, 0.15) is 30.5 Å². The van der Waals surface area contributed by atoms with Gasteiger partial charge in [0.15, 0.2) is 5.82 Å². The lowest BCUT2D eigenvalue weighted by molar-refractivity contribution is -0.115. The monoisotopic (exact) mass is 380 g/mol. The van der Waals surface area contributed by atoms with Gasteiger partial charge in [0.25, 0.3) is 0 Å². The average Bonchev–Trinajstić information content (AvgIpc) is 3.13. The van der Waals surface area contributed by atoms with E-state index >= 15 is 0 Å². The van der Waals surface area contributed by atoms with E-state index in [2.05, 4.69) is 39.6 Å². The number of aromatic amines is 1. The standard InChI is InChI=1S/C21H24N4OS/c1-5-16-8-10-17(11-9-16)19-23-21(25-24-19)27-15(4)20(26)22-18-12-13(2)6-7-14(18)3/h6-12,15H,5H2,1-4H3,(H,22,26)(H,23,24,25)/t15-/m1/s1. The minimum atomic E-state index is -0.309. The van der Waals surface area contributed by atoms with E-state index in [9.17, 15) is 4.79 Å². The molecule has 5 nitrogen and oxygen atoms in total. The molecule has 6 heteroatoms. The molecule has 0 aliphatic rings. The van der Waals surface area contributed by atoms with Crippen LogP contribution in [0.25, 0.3) is 11.4 Å². The second-order valence-electron chi connectivity index (χ2n) is 6.58. The van der Waals surface area contributed by atoms with Gasteiger partial charge < -0.3 is 5.32 Å². The van der Waals surface area contributed by atoms with Crippen LogP contribution in [0.15, 0.2) is 47.6 Å². The number of hydrogen-bond donors (Lipinski definition) is 2. The molecule has 0 saturated carbocycles. The fraction of sp³-hybridized carbons (Fsp3) is 0.286. The predicted molar refractivity (Wildman–Crippen MR) is 111 cm³/mol. The Morgan fingerprint density at radius 1 is 1.19 bits per heavy atom. The Morgan fingerprint density at radius 3 is 2.63 bits per heavy atom. The van der Waals surface area contributed by atoms with Crippen LogP contribution >= 0.6 is 11.8 Å². The summed E-state index contributed by atoms with van der Waals surface area (Å²) in [6.07, 6.45) is 1.00. The molecule has 0 fully saturated rings. The molecule has 1 aromatic heterocycles. The molecule has 27 heavy (non-hydrogen) atoms. The van der Waals surface area contributed by atoms with E-state index in [1.54, 1.807) is 0 Å². The lowest BCUT2D eigenvalue weighted by atomic mass is 10.1. The van der Waals surface area contributed by atoms with Crippen molar-refractivity contribution >= 4 is 23.4 Å². The molecule has 2 aromatic carbocycles. The van der Waals surface area contributed by atoms with Gasteiger partial charge in [-0.15, -0.1) is 5.10 Å². The number of thioether (sulfide) groups is 1. The van der Waals surface area contributed by atoms with Crippen LogP contribution in [-0.4, -0.2) is 26.3 Å². The third-order valence-corrected chi connectivity index (χ3v) is 5.36. The largest absolute Gasteiger partial charge is 0.325 e. The Labute approximate surface area is 164 Å². The highest BCUT2D eigenvalue weighted by molar-refractivity contribution is 8.00. The fourth-order valence-electron chi connectivity index (χ4n) is 2.64. The molecule has 0 aliphatic carbocycles. The Bertz CT molecular complexity index is 934. The van der Waals surface area contributed by atoms with Gasteiger partial charge in [-0.05, 0) is 49.9 Å². The molecule has 1 heterocycles. The van der Waals surface area contributed by atoms with E-state index in [1.165, 1.54) is 17.3 Å². The summed E-state index contributed by atoms with van der Waals surface area (Å²) in [5, 5.41) is 10.5. The van der Waals surface area contributed by atoms with E-state index < -0.39 is 0 Å². The van der Waals surface area contributed by atoms with Gasteiger partial charge in [0.2, 0.25) is 11.1 Å². The summed E-state index contributed by atoms with van der Waals surface area (Å²) >= 11 is 1.34. The SMILES string of the molecule is CCc1ccc(-c2nc(S[C@H](C)C(=O)Nc3cc(C)ccc3C)n[nH]2)cc1. The van der Waals surface area contributed by atoms with Gasteiger partial charge >= 0.3 is 0 Å². The maximum absolute atomic E-state index is 12.5. The summed E-state index contributed by atoms with van der Waals surface area (Å²) in [4.78, 5) is 17.0. The molecule has 0 spiro atoms.